The molecular weight excluding hydrogens is 264 g/mol. The van der Waals surface area contributed by atoms with Gasteiger partial charge in [0.2, 0.25) is 0 Å². The van der Waals surface area contributed by atoms with Crippen LogP contribution in [0, 0.1) is 0 Å². The lowest BCUT2D eigenvalue weighted by molar-refractivity contribution is -0.0844. The molecule has 120 valence electrons. The number of nitrogens with zero attached hydrogens (tertiary/aromatic N) is 3. The summed E-state index contributed by atoms with van der Waals surface area (Å²) in [5.74, 6) is 0. The van der Waals surface area contributed by atoms with Gasteiger partial charge in [0.1, 0.15) is 0 Å². The van der Waals surface area contributed by atoms with Crippen molar-refractivity contribution in [3.8, 4) is 0 Å². The number of piperazine rings is 1. The standard InChI is InChI=1S/C16H30N4O/c1-2-4-18-5-3-14(13(17)9-18)20-7-6-19(12-10-21-11-12)15-8-16(15)20/h12-16H,2-11,17H2,1H3. The Morgan fingerprint density at radius 1 is 1.05 bits per heavy atom. The summed E-state index contributed by atoms with van der Waals surface area (Å²) in [6.07, 6.45) is 3.86. The van der Waals surface area contributed by atoms with Crippen LogP contribution in [-0.2, 0) is 4.74 Å². The van der Waals surface area contributed by atoms with Gasteiger partial charge in [0, 0.05) is 43.8 Å². The van der Waals surface area contributed by atoms with Crippen LogP contribution in [0.2, 0.25) is 0 Å². The quantitative estimate of drug-likeness (QED) is 0.788. The minimum Gasteiger partial charge on any atom is -0.378 e. The van der Waals surface area contributed by atoms with E-state index in [4.69, 9.17) is 10.5 Å². The van der Waals surface area contributed by atoms with Gasteiger partial charge < -0.3 is 15.4 Å². The molecule has 3 aliphatic heterocycles. The minimum absolute atomic E-state index is 0.338. The Morgan fingerprint density at radius 3 is 2.48 bits per heavy atom. The smallest absolute Gasteiger partial charge is 0.0645 e. The van der Waals surface area contributed by atoms with E-state index in [1.165, 1.54) is 45.4 Å². The highest BCUT2D eigenvalue weighted by atomic mass is 16.5. The zero-order chi connectivity index (χ0) is 14.4. The van der Waals surface area contributed by atoms with Crippen LogP contribution in [0.4, 0.5) is 0 Å². The molecule has 21 heavy (non-hydrogen) atoms. The topological polar surface area (TPSA) is 45.0 Å². The van der Waals surface area contributed by atoms with Crippen molar-refractivity contribution in [3.05, 3.63) is 0 Å². The SMILES string of the molecule is CCCN1CCC(N2CCN(C3COC3)C3CC32)C(N)C1. The van der Waals surface area contributed by atoms with E-state index in [-0.39, 0.29) is 0 Å². The average molecular weight is 294 g/mol. The maximum absolute atomic E-state index is 6.53. The summed E-state index contributed by atoms with van der Waals surface area (Å²) in [6, 6.07) is 3.25. The Labute approximate surface area is 128 Å². The summed E-state index contributed by atoms with van der Waals surface area (Å²) in [5.41, 5.74) is 6.53. The molecule has 0 bridgehead atoms. The van der Waals surface area contributed by atoms with Crippen molar-refractivity contribution in [2.24, 2.45) is 5.73 Å². The lowest BCUT2D eigenvalue weighted by Gasteiger charge is -2.47. The van der Waals surface area contributed by atoms with Gasteiger partial charge in [0.15, 0.2) is 0 Å². The van der Waals surface area contributed by atoms with Gasteiger partial charge >= 0.3 is 0 Å². The van der Waals surface area contributed by atoms with Gasteiger partial charge in [-0.2, -0.15) is 0 Å². The lowest BCUT2D eigenvalue weighted by Crippen LogP contribution is -2.63. The highest BCUT2D eigenvalue weighted by molar-refractivity contribution is 5.11. The van der Waals surface area contributed by atoms with E-state index < -0.39 is 0 Å². The zero-order valence-electron chi connectivity index (χ0n) is 13.3. The molecule has 4 rings (SSSR count). The van der Waals surface area contributed by atoms with E-state index in [9.17, 15) is 0 Å². The molecule has 0 radical (unpaired) electrons. The van der Waals surface area contributed by atoms with Crippen LogP contribution in [0.1, 0.15) is 26.2 Å². The highest BCUT2D eigenvalue weighted by Gasteiger charge is 2.53. The fourth-order valence-electron chi connectivity index (χ4n) is 4.70. The van der Waals surface area contributed by atoms with Crippen molar-refractivity contribution in [3.63, 3.8) is 0 Å². The van der Waals surface area contributed by atoms with E-state index in [2.05, 4.69) is 21.6 Å². The third kappa shape index (κ3) is 2.63. The first-order valence-electron chi connectivity index (χ1n) is 8.85. The Balaban J connectivity index is 1.34. The molecule has 5 nitrogen and oxygen atoms in total. The maximum atomic E-state index is 6.53. The predicted molar refractivity (Wildman–Crippen MR) is 83.3 cm³/mol. The van der Waals surface area contributed by atoms with Crippen molar-refractivity contribution >= 4 is 0 Å². The minimum atomic E-state index is 0.338. The molecule has 4 fully saturated rings. The highest BCUT2D eigenvalue weighted by Crippen LogP contribution is 2.41. The molecule has 3 heterocycles. The second kappa shape index (κ2) is 5.78. The molecule has 4 aliphatic rings. The first-order chi connectivity index (χ1) is 10.3. The summed E-state index contributed by atoms with van der Waals surface area (Å²) in [4.78, 5) is 8.02. The van der Waals surface area contributed by atoms with Gasteiger partial charge in [0.25, 0.3) is 0 Å². The Kier molecular flexibility index (Phi) is 3.96. The van der Waals surface area contributed by atoms with Crippen LogP contribution in [0.5, 0.6) is 0 Å². The van der Waals surface area contributed by atoms with Crippen molar-refractivity contribution in [2.45, 2.75) is 56.4 Å². The Hall–Kier alpha value is -0.200. The number of likely N-dealkylation sites (tertiary alicyclic amines) is 1. The van der Waals surface area contributed by atoms with Crippen LogP contribution in [0.3, 0.4) is 0 Å². The molecule has 5 heteroatoms. The number of nitrogens with two attached hydrogens (primary N) is 1. The van der Waals surface area contributed by atoms with E-state index in [1.807, 2.05) is 0 Å². The fourth-order valence-corrected chi connectivity index (χ4v) is 4.70. The second-order valence-electron chi connectivity index (χ2n) is 7.36. The molecule has 0 aromatic heterocycles. The molecule has 0 spiro atoms. The van der Waals surface area contributed by atoms with Gasteiger partial charge in [-0.05, 0) is 32.4 Å². The van der Waals surface area contributed by atoms with Crippen molar-refractivity contribution < 1.29 is 4.74 Å². The van der Waals surface area contributed by atoms with Crippen molar-refractivity contribution in [1.82, 2.24) is 14.7 Å². The van der Waals surface area contributed by atoms with Crippen LogP contribution < -0.4 is 5.73 Å². The van der Waals surface area contributed by atoms with Crippen molar-refractivity contribution in [1.29, 1.82) is 0 Å². The third-order valence-electron chi connectivity index (χ3n) is 5.95. The van der Waals surface area contributed by atoms with E-state index in [1.54, 1.807) is 0 Å². The second-order valence-corrected chi connectivity index (χ2v) is 7.36. The van der Waals surface area contributed by atoms with Crippen LogP contribution in [-0.4, -0.2) is 90.8 Å². The van der Waals surface area contributed by atoms with Gasteiger partial charge in [0.05, 0.1) is 19.3 Å². The third-order valence-corrected chi connectivity index (χ3v) is 5.95. The van der Waals surface area contributed by atoms with E-state index >= 15 is 0 Å². The molecule has 1 saturated carbocycles. The van der Waals surface area contributed by atoms with Crippen LogP contribution >= 0.6 is 0 Å². The summed E-state index contributed by atoms with van der Waals surface area (Å²) in [5, 5.41) is 0. The van der Waals surface area contributed by atoms with Gasteiger partial charge in [-0.1, -0.05) is 6.92 Å². The molecule has 1 aliphatic carbocycles. The Bertz CT molecular complexity index is 375. The molecule has 0 amide bonds. The van der Waals surface area contributed by atoms with Gasteiger partial charge in [-0.25, -0.2) is 0 Å². The summed E-state index contributed by atoms with van der Waals surface area (Å²) < 4.78 is 5.37. The summed E-state index contributed by atoms with van der Waals surface area (Å²) in [6.45, 7) is 10.1. The van der Waals surface area contributed by atoms with Crippen LogP contribution in [0.25, 0.3) is 0 Å². The number of rotatable bonds is 4. The van der Waals surface area contributed by atoms with E-state index in [0.717, 1.165) is 31.8 Å². The fraction of sp³-hybridized carbons (Fsp3) is 1.00. The average Bonchev–Trinajstić information content (AvgIpc) is 3.19. The molecule has 0 aromatic carbocycles. The zero-order valence-corrected chi connectivity index (χ0v) is 13.3. The first-order valence-corrected chi connectivity index (χ1v) is 8.85. The molecule has 4 atom stereocenters. The summed E-state index contributed by atoms with van der Waals surface area (Å²) in [7, 11) is 0. The largest absolute Gasteiger partial charge is 0.378 e. The maximum Gasteiger partial charge on any atom is 0.0645 e. The molecule has 0 aromatic rings. The monoisotopic (exact) mass is 294 g/mol. The number of hydrogen-bond donors (Lipinski definition) is 1. The summed E-state index contributed by atoms with van der Waals surface area (Å²) >= 11 is 0. The van der Waals surface area contributed by atoms with Crippen molar-refractivity contribution in [2.75, 3.05) is 45.9 Å². The predicted octanol–water partition coefficient (Wildman–Crippen LogP) is -0.0447. The molecule has 3 saturated heterocycles. The number of fused-ring (bicyclic) bond motifs is 1. The van der Waals surface area contributed by atoms with Gasteiger partial charge in [-0.15, -0.1) is 0 Å². The van der Waals surface area contributed by atoms with Gasteiger partial charge in [-0.3, -0.25) is 9.80 Å². The number of ether oxygens (including phenoxy) is 1. The molecule has 2 N–H and O–H groups in total. The number of hydrogen-bond acceptors (Lipinski definition) is 5. The number of piperidine rings is 1. The van der Waals surface area contributed by atoms with Crippen LogP contribution in [0.15, 0.2) is 0 Å². The van der Waals surface area contributed by atoms with E-state index in [0.29, 0.717) is 18.1 Å². The lowest BCUT2D eigenvalue weighted by atomic mass is 9.97. The Morgan fingerprint density at radius 2 is 1.81 bits per heavy atom. The first kappa shape index (κ1) is 14.4. The molecular formula is C16H30N4O. The normalized spacial score (nSPS) is 42.6. The molecule has 4 unspecified atom stereocenters.